The first kappa shape index (κ1) is 16.9. The van der Waals surface area contributed by atoms with Gasteiger partial charge in [-0.3, -0.25) is 0 Å². The highest BCUT2D eigenvalue weighted by Crippen LogP contribution is 2.19. The quantitative estimate of drug-likeness (QED) is 0.813. The third-order valence-corrected chi connectivity index (χ3v) is 4.80. The molecule has 0 atom stereocenters. The summed E-state index contributed by atoms with van der Waals surface area (Å²) < 4.78 is 5.82. The van der Waals surface area contributed by atoms with Gasteiger partial charge in [0, 0.05) is 30.7 Å². The summed E-state index contributed by atoms with van der Waals surface area (Å²) in [6.45, 7) is 7.58. The Kier molecular flexibility index (Phi) is 5.80. The number of aryl methyl sites for hydroxylation is 2. The van der Waals surface area contributed by atoms with Gasteiger partial charge in [0.25, 0.3) is 0 Å². The molecule has 1 aromatic heterocycles. The van der Waals surface area contributed by atoms with E-state index in [0.717, 1.165) is 42.0 Å². The molecule has 2 aromatic rings. The molecular weight excluding hydrogens is 320 g/mol. The number of nitrogens with one attached hydrogen (secondary N) is 1. The number of ether oxygens (including phenoxy) is 1. The van der Waals surface area contributed by atoms with Crippen LogP contribution < -0.4 is 15.0 Å². The Bertz CT molecular complexity index is 654. The zero-order chi connectivity index (χ0) is 16.8. The number of rotatable bonds is 6. The molecular formula is C18H24N4OS. The van der Waals surface area contributed by atoms with Crippen molar-refractivity contribution in [2.24, 2.45) is 0 Å². The second kappa shape index (κ2) is 8.24. The highest BCUT2D eigenvalue weighted by Gasteiger charge is 2.12. The number of anilines is 2. The lowest BCUT2D eigenvalue weighted by atomic mass is 10.1. The van der Waals surface area contributed by atoms with Crippen molar-refractivity contribution >= 4 is 23.4 Å². The SMILES string of the molecule is Cc1cc(C)cc(OCCNc2cc(N3CCSCC3)ncn2)c1. The highest BCUT2D eigenvalue weighted by molar-refractivity contribution is 7.99. The zero-order valence-corrected chi connectivity index (χ0v) is 15.1. The van der Waals surface area contributed by atoms with E-state index in [1.807, 2.05) is 17.8 Å². The molecule has 1 aliphatic rings. The van der Waals surface area contributed by atoms with Crippen molar-refractivity contribution in [3.05, 3.63) is 41.7 Å². The Morgan fingerprint density at radius 1 is 1.08 bits per heavy atom. The van der Waals surface area contributed by atoms with Gasteiger partial charge in [-0.2, -0.15) is 11.8 Å². The Balaban J connectivity index is 1.49. The monoisotopic (exact) mass is 344 g/mol. The molecule has 1 N–H and O–H groups in total. The number of nitrogens with zero attached hydrogens (tertiary/aromatic N) is 3. The summed E-state index contributed by atoms with van der Waals surface area (Å²) in [5.41, 5.74) is 2.44. The van der Waals surface area contributed by atoms with E-state index in [9.17, 15) is 0 Å². The van der Waals surface area contributed by atoms with Gasteiger partial charge >= 0.3 is 0 Å². The van der Waals surface area contributed by atoms with E-state index < -0.39 is 0 Å². The van der Waals surface area contributed by atoms with Crippen molar-refractivity contribution in [2.75, 3.05) is 48.0 Å². The van der Waals surface area contributed by atoms with Crippen molar-refractivity contribution in [3.63, 3.8) is 0 Å². The fraction of sp³-hybridized carbons (Fsp3) is 0.444. The molecule has 0 unspecified atom stereocenters. The van der Waals surface area contributed by atoms with Crippen molar-refractivity contribution in [3.8, 4) is 5.75 Å². The average molecular weight is 344 g/mol. The summed E-state index contributed by atoms with van der Waals surface area (Å²) in [7, 11) is 0. The summed E-state index contributed by atoms with van der Waals surface area (Å²) in [5.74, 6) is 5.10. The van der Waals surface area contributed by atoms with Gasteiger partial charge in [-0.1, -0.05) is 6.07 Å². The molecule has 5 nitrogen and oxygen atoms in total. The lowest BCUT2D eigenvalue weighted by Gasteiger charge is -2.27. The third-order valence-electron chi connectivity index (χ3n) is 3.86. The number of thioether (sulfide) groups is 1. The second-order valence-corrected chi connectivity index (χ2v) is 7.18. The molecule has 0 radical (unpaired) electrons. The van der Waals surface area contributed by atoms with E-state index in [1.165, 1.54) is 11.1 Å². The van der Waals surface area contributed by atoms with Crippen LogP contribution in [-0.2, 0) is 0 Å². The van der Waals surface area contributed by atoms with Gasteiger partial charge in [-0.25, -0.2) is 9.97 Å². The van der Waals surface area contributed by atoms with Crippen molar-refractivity contribution in [1.29, 1.82) is 0 Å². The van der Waals surface area contributed by atoms with Crippen molar-refractivity contribution in [2.45, 2.75) is 13.8 Å². The topological polar surface area (TPSA) is 50.3 Å². The standard InChI is InChI=1S/C18H24N4OS/c1-14-9-15(2)11-16(10-14)23-6-3-19-17-12-18(21-13-20-17)22-4-7-24-8-5-22/h9-13H,3-8H2,1-2H3,(H,19,20,21). The van der Waals surface area contributed by atoms with E-state index in [1.54, 1.807) is 6.33 Å². The fourth-order valence-corrected chi connectivity index (χ4v) is 3.68. The second-order valence-electron chi connectivity index (χ2n) is 5.96. The van der Waals surface area contributed by atoms with Crippen LogP contribution in [0.4, 0.5) is 11.6 Å². The van der Waals surface area contributed by atoms with Gasteiger partial charge in [-0.15, -0.1) is 0 Å². The normalized spacial score (nSPS) is 14.5. The van der Waals surface area contributed by atoms with Crippen LogP contribution in [0, 0.1) is 13.8 Å². The van der Waals surface area contributed by atoms with Crippen LogP contribution in [0.2, 0.25) is 0 Å². The summed E-state index contributed by atoms with van der Waals surface area (Å²) in [5, 5.41) is 3.32. The van der Waals surface area contributed by atoms with Gasteiger partial charge in [0.2, 0.25) is 0 Å². The lowest BCUT2D eigenvalue weighted by Crippen LogP contribution is -2.33. The van der Waals surface area contributed by atoms with Gasteiger partial charge < -0.3 is 15.0 Å². The molecule has 2 heterocycles. The first-order chi connectivity index (χ1) is 11.7. The van der Waals surface area contributed by atoms with E-state index in [-0.39, 0.29) is 0 Å². The van der Waals surface area contributed by atoms with Gasteiger partial charge in [0.1, 0.15) is 30.3 Å². The maximum absolute atomic E-state index is 5.82. The van der Waals surface area contributed by atoms with Crippen LogP contribution in [0.25, 0.3) is 0 Å². The molecule has 24 heavy (non-hydrogen) atoms. The molecule has 1 aromatic carbocycles. The molecule has 3 rings (SSSR count). The maximum Gasteiger partial charge on any atom is 0.134 e. The Morgan fingerprint density at radius 2 is 1.83 bits per heavy atom. The molecule has 0 saturated carbocycles. The summed E-state index contributed by atoms with van der Waals surface area (Å²) >= 11 is 2.00. The van der Waals surface area contributed by atoms with Crippen molar-refractivity contribution < 1.29 is 4.74 Å². The third kappa shape index (κ3) is 4.77. The zero-order valence-electron chi connectivity index (χ0n) is 14.3. The minimum Gasteiger partial charge on any atom is -0.492 e. The van der Waals surface area contributed by atoms with Crippen LogP contribution in [0.5, 0.6) is 5.75 Å². The molecule has 6 heteroatoms. The summed E-state index contributed by atoms with van der Waals surface area (Å²) in [6.07, 6.45) is 1.63. The molecule has 128 valence electrons. The smallest absolute Gasteiger partial charge is 0.134 e. The molecule has 0 spiro atoms. The minimum atomic E-state index is 0.600. The molecule has 1 saturated heterocycles. The fourth-order valence-electron chi connectivity index (χ4n) is 2.77. The van der Waals surface area contributed by atoms with Gasteiger partial charge in [0.05, 0.1) is 6.54 Å². The first-order valence-corrected chi connectivity index (χ1v) is 9.46. The van der Waals surface area contributed by atoms with E-state index in [4.69, 9.17) is 4.74 Å². The Morgan fingerprint density at radius 3 is 2.58 bits per heavy atom. The number of hydrogen-bond donors (Lipinski definition) is 1. The Hall–Kier alpha value is -1.95. The summed E-state index contributed by atoms with van der Waals surface area (Å²) in [4.78, 5) is 11.0. The predicted molar refractivity (Wildman–Crippen MR) is 101 cm³/mol. The molecule has 1 aliphatic heterocycles. The molecule has 0 bridgehead atoms. The van der Waals surface area contributed by atoms with Gasteiger partial charge in [0.15, 0.2) is 0 Å². The van der Waals surface area contributed by atoms with Crippen molar-refractivity contribution in [1.82, 2.24) is 9.97 Å². The van der Waals surface area contributed by atoms with Crippen LogP contribution >= 0.6 is 11.8 Å². The van der Waals surface area contributed by atoms with E-state index >= 15 is 0 Å². The minimum absolute atomic E-state index is 0.600. The highest BCUT2D eigenvalue weighted by atomic mass is 32.2. The average Bonchev–Trinajstić information content (AvgIpc) is 2.59. The van der Waals surface area contributed by atoms with Gasteiger partial charge in [-0.05, 0) is 37.1 Å². The van der Waals surface area contributed by atoms with E-state index in [2.05, 4.69) is 52.2 Å². The molecule has 0 aliphatic carbocycles. The Labute approximate surface area is 147 Å². The largest absolute Gasteiger partial charge is 0.492 e. The van der Waals surface area contributed by atoms with Crippen LogP contribution in [0.15, 0.2) is 30.6 Å². The molecule has 1 fully saturated rings. The van der Waals surface area contributed by atoms with E-state index in [0.29, 0.717) is 13.2 Å². The summed E-state index contributed by atoms with van der Waals surface area (Å²) in [6, 6.07) is 8.29. The first-order valence-electron chi connectivity index (χ1n) is 8.30. The molecule has 0 amide bonds. The maximum atomic E-state index is 5.82. The van der Waals surface area contributed by atoms with Crippen LogP contribution in [0.1, 0.15) is 11.1 Å². The predicted octanol–water partition coefficient (Wildman–Crippen LogP) is 3.14. The number of aromatic nitrogens is 2. The number of hydrogen-bond acceptors (Lipinski definition) is 6. The number of benzene rings is 1. The van der Waals surface area contributed by atoms with Crippen LogP contribution in [-0.4, -0.2) is 47.7 Å². The lowest BCUT2D eigenvalue weighted by molar-refractivity contribution is 0.332. The van der Waals surface area contributed by atoms with Crippen LogP contribution in [0.3, 0.4) is 0 Å².